The molecule has 0 radical (unpaired) electrons. The van der Waals surface area contributed by atoms with Crippen molar-refractivity contribution in [2.24, 2.45) is 0 Å². The molecule has 90 valence electrons. The molecule has 0 spiro atoms. The summed E-state index contributed by atoms with van der Waals surface area (Å²) < 4.78 is 4.11. The van der Waals surface area contributed by atoms with Crippen molar-refractivity contribution in [1.82, 2.24) is 0 Å². The van der Waals surface area contributed by atoms with Gasteiger partial charge in [-0.15, -0.1) is 0 Å². The minimum absolute atomic E-state index is 0.0225. The van der Waals surface area contributed by atoms with Crippen LogP contribution in [-0.4, -0.2) is 23.3 Å². The Kier molecular flexibility index (Phi) is 6.76. The summed E-state index contributed by atoms with van der Waals surface area (Å²) >= 11 is 0. The molecule has 0 unspecified atom stereocenters. The van der Waals surface area contributed by atoms with Gasteiger partial charge in [0.25, 0.3) is 0 Å². The van der Waals surface area contributed by atoms with E-state index in [4.69, 9.17) is 5.11 Å². The second kappa shape index (κ2) is 7.56. The zero-order chi connectivity index (χ0) is 12.6. The summed E-state index contributed by atoms with van der Waals surface area (Å²) in [6, 6.07) is 5.03. The molecule has 0 aliphatic heterocycles. The smallest absolute Gasteiger partial charge is 0.302 e. The highest BCUT2D eigenvalue weighted by atomic mass is 16.5. The van der Waals surface area contributed by atoms with Crippen LogP contribution in [0.5, 0.6) is 11.5 Å². The van der Waals surface area contributed by atoms with Crippen molar-refractivity contribution in [2.75, 3.05) is 7.11 Å². The third kappa shape index (κ3) is 5.24. The summed E-state index contributed by atoms with van der Waals surface area (Å²) in [6.07, 6.45) is 1.78. The van der Waals surface area contributed by atoms with Crippen LogP contribution in [0, 0.1) is 0 Å². The van der Waals surface area contributed by atoms with Gasteiger partial charge in [-0.1, -0.05) is 25.5 Å². The molecule has 0 aromatic heterocycles. The van der Waals surface area contributed by atoms with E-state index in [-0.39, 0.29) is 17.5 Å². The van der Waals surface area contributed by atoms with Crippen LogP contribution in [0.4, 0.5) is 0 Å². The average Bonchev–Trinajstić information content (AvgIpc) is 2.26. The fourth-order valence-electron chi connectivity index (χ4n) is 1.05. The van der Waals surface area contributed by atoms with E-state index >= 15 is 0 Å². The highest BCUT2D eigenvalue weighted by molar-refractivity contribution is 5.65. The lowest BCUT2D eigenvalue weighted by atomic mass is 10.1. The second-order valence-electron chi connectivity index (χ2n) is 3.23. The van der Waals surface area contributed by atoms with Gasteiger partial charge < -0.3 is 14.9 Å². The number of phenolic OH excluding ortho intramolecular Hbond substituents is 2. The number of esters is 1. The maximum Gasteiger partial charge on any atom is 0.302 e. The third-order valence-corrected chi connectivity index (χ3v) is 1.91. The topological polar surface area (TPSA) is 66.8 Å². The zero-order valence-corrected chi connectivity index (χ0v) is 9.86. The molecule has 1 rings (SSSR count). The van der Waals surface area contributed by atoms with Crippen LogP contribution < -0.4 is 0 Å². The first kappa shape index (κ1) is 14.3. The fraction of sp³-hybridized carbons (Fsp3) is 0.417. The minimum Gasteiger partial charge on any atom is -0.504 e. The number of aromatic hydroxyl groups is 2. The summed E-state index contributed by atoms with van der Waals surface area (Å²) in [4.78, 5) is 9.59. The number of carbonyl (C=O) groups excluding carboxylic acids is 1. The molecule has 0 aliphatic rings. The highest BCUT2D eigenvalue weighted by Gasteiger charge is 2.02. The van der Waals surface area contributed by atoms with Gasteiger partial charge in [0.05, 0.1) is 7.11 Å². The molecule has 0 saturated heterocycles. The first-order valence-electron chi connectivity index (χ1n) is 5.07. The standard InChI is InChI=1S/C9H12O2.C3H6O2/c1-2-4-7-5-3-6-8(10)9(7)11;1-3(4)5-2/h3,5-6,10-11H,2,4H2,1H3;1-2H3. The molecule has 0 fully saturated rings. The zero-order valence-electron chi connectivity index (χ0n) is 9.86. The summed E-state index contributed by atoms with van der Waals surface area (Å²) in [5.74, 6) is -0.254. The number of aryl methyl sites for hydroxylation is 1. The van der Waals surface area contributed by atoms with E-state index in [0.29, 0.717) is 0 Å². The first-order valence-corrected chi connectivity index (χ1v) is 5.07. The van der Waals surface area contributed by atoms with Crippen LogP contribution in [0.15, 0.2) is 18.2 Å². The number of phenols is 2. The molecule has 0 bridgehead atoms. The van der Waals surface area contributed by atoms with Crippen molar-refractivity contribution in [2.45, 2.75) is 26.7 Å². The first-order chi connectivity index (χ1) is 7.52. The van der Waals surface area contributed by atoms with Crippen LogP contribution >= 0.6 is 0 Å². The van der Waals surface area contributed by atoms with Gasteiger partial charge in [0, 0.05) is 6.92 Å². The Labute approximate surface area is 95.5 Å². The summed E-state index contributed by atoms with van der Waals surface area (Å²) in [5.41, 5.74) is 0.813. The predicted molar refractivity (Wildman–Crippen MR) is 61.5 cm³/mol. The molecule has 0 amide bonds. The number of para-hydroxylation sites is 1. The normalized spacial score (nSPS) is 8.94. The molecule has 0 atom stereocenters. The molecule has 0 saturated carbocycles. The number of hydrogen-bond donors (Lipinski definition) is 2. The van der Waals surface area contributed by atoms with Gasteiger partial charge in [0.2, 0.25) is 0 Å². The van der Waals surface area contributed by atoms with E-state index in [1.807, 2.05) is 13.0 Å². The maximum absolute atomic E-state index is 9.59. The monoisotopic (exact) mass is 226 g/mol. The molecule has 0 heterocycles. The number of hydrogen-bond acceptors (Lipinski definition) is 4. The van der Waals surface area contributed by atoms with Gasteiger partial charge in [-0.3, -0.25) is 4.79 Å². The Bertz CT molecular complexity index is 334. The Balaban J connectivity index is 0.000000385. The molecular formula is C12H18O4. The molecule has 0 aliphatic carbocycles. The average molecular weight is 226 g/mol. The van der Waals surface area contributed by atoms with Gasteiger partial charge in [-0.2, -0.15) is 0 Å². The van der Waals surface area contributed by atoms with Crippen LogP contribution in [0.25, 0.3) is 0 Å². The predicted octanol–water partition coefficient (Wildman–Crippen LogP) is 2.23. The lowest BCUT2D eigenvalue weighted by Crippen LogP contribution is -1.88. The van der Waals surface area contributed by atoms with Crippen LogP contribution in [0.3, 0.4) is 0 Å². The van der Waals surface area contributed by atoms with E-state index in [1.165, 1.54) is 20.1 Å². The molecule has 1 aromatic carbocycles. The highest BCUT2D eigenvalue weighted by Crippen LogP contribution is 2.28. The molecule has 16 heavy (non-hydrogen) atoms. The quantitative estimate of drug-likeness (QED) is 0.599. The number of methoxy groups -OCH3 is 1. The Morgan fingerprint density at radius 1 is 1.38 bits per heavy atom. The van der Waals surface area contributed by atoms with Crippen LogP contribution in [0.1, 0.15) is 25.8 Å². The lowest BCUT2D eigenvalue weighted by Gasteiger charge is -2.03. The van der Waals surface area contributed by atoms with Crippen LogP contribution in [-0.2, 0) is 16.0 Å². The van der Waals surface area contributed by atoms with Crippen molar-refractivity contribution in [1.29, 1.82) is 0 Å². The van der Waals surface area contributed by atoms with Crippen molar-refractivity contribution in [3.05, 3.63) is 23.8 Å². The molecular weight excluding hydrogens is 208 g/mol. The molecule has 4 nitrogen and oxygen atoms in total. The minimum atomic E-state index is -0.245. The molecule has 2 N–H and O–H groups in total. The number of benzene rings is 1. The lowest BCUT2D eigenvalue weighted by molar-refractivity contribution is -0.137. The number of rotatable bonds is 2. The van der Waals surface area contributed by atoms with Crippen LogP contribution in [0.2, 0.25) is 0 Å². The van der Waals surface area contributed by atoms with E-state index in [0.717, 1.165) is 18.4 Å². The Morgan fingerprint density at radius 3 is 2.38 bits per heavy atom. The van der Waals surface area contributed by atoms with Crippen molar-refractivity contribution in [3.8, 4) is 11.5 Å². The molecule has 1 aromatic rings. The maximum atomic E-state index is 9.59. The summed E-state index contributed by atoms with van der Waals surface area (Å²) in [5, 5.41) is 18.4. The largest absolute Gasteiger partial charge is 0.504 e. The van der Waals surface area contributed by atoms with Crippen molar-refractivity contribution >= 4 is 5.97 Å². The van der Waals surface area contributed by atoms with E-state index < -0.39 is 0 Å². The summed E-state index contributed by atoms with van der Waals surface area (Å²) in [6.45, 7) is 3.39. The van der Waals surface area contributed by atoms with Gasteiger partial charge in [0.1, 0.15) is 0 Å². The van der Waals surface area contributed by atoms with Crippen molar-refractivity contribution < 1.29 is 19.7 Å². The summed E-state index contributed by atoms with van der Waals surface area (Å²) in [7, 11) is 1.35. The van der Waals surface area contributed by atoms with Gasteiger partial charge in [-0.25, -0.2) is 0 Å². The number of carbonyl (C=O) groups is 1. The Morgan fingerprint density at radius 2 is 1.94 bits per heavy atom. The fourth-order valence-corrected chi connectivity index (χ4v) is 1.05. The third-order valence-electron chi connectivity index (χ3n) is 1.91. The van der Waals surface area contributed by atoms with E-state index in [9.17, 15) is 9.90 Å². The number of ether oxygens (including phenoxy) is 1. The van der Waals surface area contributed by atoms with Gasteiger partial charge in [0.15, 0.2) is 11.5 Å². The van der Waals surface area contributed by atoms with Crippen molar-refractivity contribution in [3.63, 3.8) is 0 Å². The van der Waals surface area contributed by atoms with Gasteiger partial charge in [-0.05, 0) is 18.1 Å². The molecule has 4 heteroatoms. The van der Waals surface area contributed by atoms with E-state index in [1.54, 1.807) is 6.07 Å². The second-order valence-corrected chi connectivity index (χ2v) is 3.23. The van der Waals surface area contributed by atoms with E-state index in [2.05, 4.69) is 4.74 Å². The SMILES string of the molecule is CCCc1cccc(O)c1O.COC(C)=O. The van der Waals surface area contributed by atoms with Gasteiger partial charge >= 0.3 is 5.97 Å². The Hall–Kier alpha value is -1.71.